The maximum atomic E-state index is 5.88. The molecule has 0 amide bonds. The summed E-state index contributed by atoms with van der Waals surface area (Å²) in [4.78, 5) is 2.53. The van der Waals surface area contributed by atoms with Crippen molar-refractivity contribution in [1.82, 2.24) is 4.90 Å². The number of hydrogen-bond acceptors (Lipinski definition) is 2. The highest BCUT2D eigenvalue weighted by molar-refractivity contribution is 9.10. The lowest BCUT2D eigenvalue weighted by molar-refractivity contribution is 0.133. The Bertz CT molecular complexity index is 394. The number of rotatable bonds is 4. The van der Waals surface area contributed by atoms with Crippen LogP contribution in [0.25, 0.3) is 0 Å². The van der Waals surface area contributed by atoms with Crippen molar-refractivity contribution in [3.8, 4) is 5.75 Å². The van der Waals surface area contributed by atoms with Gasteiger partial charge in [-0.2, -0.15) is 0 Å². The number of benzene rings is 1. The summed E-state index contributed by atoms with van der Waals surface area (Å²) in [6, 6.07) is 6.94. The van der Waals surface area contributed by atoms with Gasteiger partial charge in [0.15, 0.2) is 0 Å². The van der Waals surface area contributed by atoms with Crippen molar-refractivity contribution < 1.29 is 4.74 Å². The quantitative estimate of drug-likeness (QED) is 0.833. The van der Waals surface area contributed by atoms with Crippen LogP contribution in [-0.4, -0.2) is 30.6 Å². The number of piperidine rings is 1. The van der Waals surface area contributed by atoms with Crippen LogP contribution < -0.4 is 4.74 Å². The molecule has 1 atom stereocenters. The topological polar surface area (TPSA) is 12.5 Å². The molecule has 2 rings (SSSR count). The summed E-state index contributed by atoms with van der Waals surface area (Å²) in [5.41, 5.74) is 1.24. The summed E-state index contributed by atoms with van der Waals surface area (Å²) in [5.74, 6) is 0.958. The number of hydrogen-bond donors (Lipinski definition) is 0. The van der Waals surface area contributed by atoms with E-state index < -0.39 is 0 Å². The van der Waals surface area contributed by atoms with Gasteiger partial charge < -0.3 is 4.74 Å². The van der Waals surface area contributed by atoms with E-state index in [9.17, 15) is 0 Å². The number of halogens is 1. The molecule has 1 aromatic rings. The van der Waals surface area contributed by atoms with Crippen molar-refractivity contribution in [3.05, 3.63) is 28.2 Å². The van der Waals surface area contributed by atoms with E-state index in [1.54, 1.807) is 0 Å². The molecule has 1 aliphatic rings. The van der Waals surface area contributed by atoms with Gasteiger partial charge in [-0.3, -0.25) is 4.90 Å². The fraction of sp³-hybridized carbons (Fsp3) is 0.600. The molecule has 0 N–H and O–H groups in total. The van der Waals surface area contributed by atoms with Crippen LogP contribution in [0.5, 0.6) is 5.75 Å². The van der Waals surface area contributed by atoms with Crippen LogP contribution in [0.3, 0.4) is 0 Å². The van der Waals surface area contributed by atoms with Crippen LogP contribution in [-0.2, 0) is 0 Å². The number of aryl methyl sites for hydroxylation is 1. The molecule has 18 heavy (non-hydrogen) atoms. The first kappa shape index (κ1) is 13.9. The smallest absolute Gasteiger partial charge is 0.133 e. The van der Waals surface area contributed by atoms with Crippen LogP contribution in [0.2, 0.25) is 0 Å². The highest BCUT2D eigenvalue weighted by Gasteiger charge is 2.17. The molecule has 2 nitrogen and oxygen atoms in total. The zero-order valence-corrected chi connectivity index (χ0v) is 12.9. The minimum atomic E-state index is 0.711. The summed E-state index contributed by atoms with van der Waals surface area (Å²) in [7, 11) is 0. The average Bonchev–Trinajstić information content (AvgIpc) is 2.36. The molecule has 100 valence electrons. The first-order valence-corrected chi connectivity index (χ1v) is 7.59. The van der Waals surface area contributed by atoms with Gasteiger partial charge >= 0.3 is 0 Å². The van der Waals surface area contributed by atoms with Crippen molar-refractivity contribution in [2.75, 3.05) is 19.7 Å². The van der Waals surface area contributed by atoms with Crippen LogP contribution >= 0.6 is 15.9 Å². The van der Waals surface area contributed by atoms with Gasteiger partial charge in [-0.1, -0.05) is 12.5 Å². The van der Waals surface area contributed by atoms with E-state index in [2.05, 4.69) is 46.8 Å². The molecule has 3 heteroatoms. The number of nitrogens with zero attached hydrogens (tertiary/aromatic N) is 1. The molecule has 0 spiro atoms. The number of likely N-dealkylation sites (tertiary alicyclic amines) is 1. The lowest BCUT2D eigenvalue weighted by Crippen LogP contribution is -2.39. The summed E-state index contributed by atoms with van der Waals surface area (Å²) in [5, 5.41) is 0. The second-order valence-corrected chi connectivity index (χ2v) is 6.02. The Kier molecular flexibility index (Phi) is 5.07. The van der Waals surface area contributed by atoms with Crippen molar-refractivity contribution in [2.45, 2.75) is 39.2 Å². The Labute approximate surface area is 118 Å². The van der Waals surface area contributed by atoms with Crippen molar-refractivity contribution >= 4 is 15.9 Å². The van der Waals surface area contributed by atoms with Gasteiger partial charge in [0.2, 0.25) is 0 Å². The molecule has 0 bridgehead atoms. The van der Waals surface area contributed by atoms with Crippen LogP contribution in [0.4, 0.5) is 0 Å². The minimum Gasteiger partial charge on any atom is -0.491 e. The van der Waals surface area contributed by atoms with E-state index in [0.29, 0.717) is 6.04 Å². The Balaban J connectivity index is 1.82. The zero-order valence-electron chi connectivity index (χ0n) is 11.3. The third-order valence-electron chi connectivity index (χ3n) is 3.66. The van der Waals surface area contributed by atoms with Crippen molar-refractivity contribution in [3.63, 3.8) is 0 Å². The van der Waals surface area contributed by atoms with E-state index in [0.717, 1.165) is 23.4 Å². The summed E-state index contributed by atoms with van der Waals surface area (Å²) < 4.78 is 6.92. The highest BCUT2D eigenvalue weighted by Crippen LogP contribution is 2.26. The molecule has 0 aliphatic carbocycles. The first-order valence-electron chi connectivity index (χ1n) is 6.80. The van der Waals surface area contributed by atoms with Crippen LogP contribution in [0.15, 0.2) is 22.7 Å². The SMILES string of the molecule is Cc1ccc(Br)c(OCCN2CCCCC2C)c1. The molecule has 1 saturated heterocycles. The van der Waals surface area contributed by atoms with E-state index in [1.807, 2.05) is 6.07 Å². The normalized spacial score (nSPS) is 20.9. The molecule has 1 aliphatic heterocycles. The predicted octanol–water partition coefficient (Wildman–Crippen LogP) is 4.01. The monoisotopic (exact) mass is 311 g/mol. The standard InChI is InChI=1S/C15H22BrNO/c1-12-6-7-14(16)15(11-12)18-10-9-17-8-4-3-5-13(17)2/h6-7,11,13H,3-5,8-10H2,1-2H3. The van der Waals surface area contributed by atoms with Gasteiger partial charge in [-0.25, -0.2) is 0 Å². The van der Waals surface area contributed by atoms with Gasteiger partial charge in [0.05, 0.1) is 4.47 Å². The molecule has 1 aromatic carbocycles. The maximum absolute atomic E-state index is 5.88. The van der Waals surface area contributed by atoms with Crippen LogP contribution in [0.1, 0.15) is 31.7 Å². The van der Waals surface area contributed by atoms with Gasteiger partial charge in [0.1, 0.15) is 12.4 Å². The van der Waals surface area contributed by atoms with E-state index >= 15 is 0 Å². The second kappa shape index (κ2) is 6.58. The van der Waals surface area contributed by atoms with E-state index in [1.165, 1.54) is 31.4 Å². The minimum absolute atomic E-state index is 0.711. The van der Waals surface area contributed by atoms with Crippen LogP contribution in [0, 0.1) is 6.92 Å². The van der Waals surface area contributed by atoms with Gasteiger partial charge in [0, 0.05) is 12.6 Å². The van der Waals surface area contributed by atoms with E-state index in [4.69, 9.17) is 4.74 Å². The predicted molar refractivity (Wildman–Crippen MR) is 79.3 cm³/mol. The summed E-state index contributed by atoms with van der Waals surface area (Å²) in [6.07, 6.45) is 4.04. The lowest BCUT2D eigenvalue weighted by Gasteiger charge is -2.33. The second-order valence-electron chi connectivity index (χ2n) is 5.16. The van der Waals surface area contributed by atoms with Gasteiger partial charge in [-0.15, -0.1) is 0 Å². The third-order valence-corrected chi connectivity index (χ3v) is 4.32. The summed E-state index contributed by atoms with van der Waals surface area (Å²) >= 11 is 3.53. The van der Waals surface area contributed by atoms with Gasteiger partial charge in [-0.05, 0) is 66.9 Å². The molecular weight excluding hydrogens is 290 g/mol. The Hall–Kier alpha value is -0.540. The lowest BCUT2D eigenvalue weighted by atomic mass is 10.0. The third kappa shape index (κ3) is 3.72. The average molecular weight is 312 g/mol. The molecule has 1 unspecified atom stereocenters. The Morgan fingerprint density at radius 2 is 2.22 bits per heavy atom. The first-order chi connectivity index (χ1) is 8.66. The molecule has 1 fully saturated rings. The fourth-order valence-electron chi connectivity index (χ4n) is 2.48. The largest absolute Gasteiger partial charge is 0.491 e. The molecule has 0 radical (unpaired) electrons. The molecule has 0 saturated carbocycles. The zero-order chi connectivity index (χ0) is 13.0. The maximum Gasteiger partial charge on any atom is 0.133 e. The fourth-order valence-corrected chi connectivity index (χ4v) is 2.84. The highest BCUT2D eigenvalue weighted by atomic mass is 79.9. The Morgan fingerprint density at radius 3 is 3.00 bits per heavy atom. The number of ether oxygens (including phenoxy) is 1. The van der Waals surface area contributed by atoms with E-state index in [-0.39, 0.29) is 0 Å². The van der Waals surface area contributed by atoms with Crippen molar-refractivity contribution in [2.24, 2.45) is 0 Å². The molecule has 1 heterocycles. The van der Waals surface area contributed by atoms with Gasteiger partial charge in [0.25, 0.3) is 0 Å². The van der Waals surface area contributed by atoms with Crippen molar-refractivity contribution in [1.29, 1.82) is 0 Å². The molecular formula is C15H22BrNO. The summed E-state index contributed by atoms with van der Waals surface area (Å²) in [6.45, 7) is 7.43. The molecule has 0 aromatic heterocycles. The Morgan fingerprint density at radius 1 is 1.39 bits per heavy atom.